The molecule has 0 aliphatic rings. The van der Waals surface area contributed by atoms with Crippen molar-refractivity contribution in [2.24, 2.45) is 0 Å². The lowest BCUT2D eigenvalue weighted by Gasteiger charge is -2.03. The van der Waals surface area contributed by atoms with Crippen LogP contribution < -0.4 is 4.74 Å². The van der Waals surface area contributed by atoms with Crippen LogP contribution in [0.2, 0.25) is 5.02 Å². The van der Waals surface area contributed by atoms with Gasteiger partial charge in [-0.1, -0.05) is 11.6 Å². The smallest absolute Gasteiger partial charge is 0.377 e. The van der Waals surface area contributed by atoms with Gasteiger partial charge in [0.05, 0.1) is 17.7 Å². The van der Waals surface area contributed by atoms with Crippen molar-refractivity contribution in [3.8, 4) is 5.75 Å². The molecular weight excluding hydrogens is 208 g/mol. The fourth-order valence-corrected chi connectivity index (χ4v) is 1.12. The largest absolute Gasteiger partial charge is 0.497 e. The predicted octanol–water partition coefficient (Wildman–Crippen LogP) is 1.62. The van der Waals surface area contributed by atoms with Gasteiger partial charge in [0, 0.05) is 0 Å². The van der Waals surface area contributed by atoms with Crippen LogP contribution in [-0.2, 0) is 4.79 Å². The van der Waals surface area contributed by atoms with E-state index in [2.05, 4.69) is 0 Å². The highest BCUT2D eigenvalue weighted by molar-refractivity contribution is 6.45. The topological polar surface area (TPSA) is 63.6 Å². The normalized spacial score (nSPS) is 9.57. The first-order chi connectivity index (χ1) is 6.56. The number of ether oxygens (including phenoxy) is 1. The van der Waals surface area contributed by atoms with Crippen molar-refractivity contribution in [3.05, 3.63) is 28.8 Å². The number of halogens is 1. The molecule has 0 fully saturated rings. The summed E-state index contributed by atoms with van der Waals surface area (Å²) < 4.78 is 4.84. The summed E-state index contributed by atoms with van der Waals surface area (Å²) in [4.78, 5) is 21.5. The second kappa shape index (κ2) is 4.11. The maximum atomic E-state index is 11.1. The lowest BCUT2D eigenvalue weighted by Crippen LogP contribution is -2.13. The predicted molar refractivity (Wildman–Crippen MR) is 50.0 cm³/mol. The number of carbonyl (C=O) groups excluding carboxylic acids is 1. The lowest BCUT2D eigenvalue weighted by molar-refractivity contribution is -0.131. The molecule has 4 nitrogen and oxygen atoms in total. The molecule has 0 aliphatic carbocycles. The Morgan fingerprint density at radius 3 is 2.57 bits per heavy atom. The fraction of sp³-hybridized carbons (Fsp3) is 0.111. The van der Waals surface area contributed by atoms with Gasteiger partial charge < -0.3 is 9.84 Å². The molecule has 1 rings (SSSR count). The standard InChI is InChI=1S/C9H7ClO4/c1-14-5-2-3-7(10)6(4-5)8(11)9(12)13/h2-4H,1H3,(H,12,13). The average molecular weight is 215 g/mol. The van der Waals surface area contributed by atoms with E-state index in [1.807, 2.05) is 0 Å². The Balaban J connectivity index is 3.19. The number of ketones is 1. The van der Waals surface area contributed by atoms with Crippen molar-refractivity contribution in [3.63, 3.8) is 0 Å². The highest BCUT2D eigenvalue weighted by Crippen LogP contribution is 2.22. The number of hydrogen-bond donors (Lipinski definition) is 1. The summed E-state index contributed by atoms with van der Waals surface area (Å²) in [6.07, 6.45) is 0. The molecule has 0 atom stereocenters. The van der Waals surface area contributed by atoms with Gasteiger partial charge in [-0.25, -0.2) is 4.79 Å². The van der Waals surface area contributed by atoms with Gasteiger partial charge in [-0.05, 0) is 18.2 Å². The van der Waals surface area contributed by atoms with Gasteiger partial charge >= 0.3 is 5.97 Å². The second-order valence-corrected chi connectivity index (χ2v) is 2.89. The zero-order valence-electron chi connectivity index (χ0n) is 7.28. The van der Waals surface area contributed by atoms with E-state index in [0.717, 1.165) is 0 Å². The molecule has 0 bridgehead atoms. The van der Waals surface area contributed by atoms with Crippen LogP contribution >= 0.6 is 11.6 Å². The maximum absolute atomic E-state index is 11.1. The minimum absolute atomic E-state index is 0.0708. The van der Waals surface area contributed by atoms with Gasteiger partial charge in [-0.3, -0.25) is 4.79 Å². The Morgan fingerprint density at radius 2 is 2.07 bits per heavy atom. The van der Waals surface area contributed by atoms with Gasteiger partial charge in [0.1, 0.15) is 5.75 Å². The molecule has 1 N–H and O–H groups in total. The molecule has 0 spiro atoms. The molecule has 1 aromatic rings. The maximum Gasteiger partial charge on any atom is 0.377 e. The lowest BCUT2D eigenvalue weighted by atomic mass is 10.1. The minimum atomic E-state index is -1.54. The van der Waals surface area contributed by atoms with Gasteiger partial charge in [-0.2, -0.15) is 0 Å². The molecular formula is C9H7ClO4. The summed E-state index contributed by atoms with van der Waals surface area (Å²) in [6, 6.07) is 4.25. The minimum Gasteiger partial charge on any atom is -0.497 e. The number of carboxylic acids is 1. The fourth-order valence-electron chi connectivity index (χ4n) is 0.921. The summed E-state index contributed by atoms with van der Waals surface area (Å²) in [5.41, 5.74) is -0.0708. The van der Waals surface area contributed by atoms with E-state index < -0.39 is 11.8 Å². The monoisotopic (exact) mass is 214 g/mol. The number of carboxylic acid groups (broad SMARTS) is 1. The molecule has 5 heteroatoms. The summed E-state index contributed by atoms with van der Waals surface area (Å²) in [6.45, 7) is 0. The van der Waals surface area contributed by atoms with E-state index in [-0.39, 0.29) is 10.6 Å². The van der Waals surface area contributed by atoms with Crippen LogP contribution in [0.3, 0.4) is 0 Å². The van der Waals surface area contributed by atoms with E-state index >= 15 is 0 Å². The molecule has 0 saturated heterocycles. The number of hydrogen-bond acceptors (Lipinski definition) is 3. The molecule has 0 aliphatic heterocycles. The van der Waals surface area contributed by atoms with Crippen LogP contribution in [0.1, 0.15) is 10.4 Å². The van der Waals surface area contributed by atoms with Crippen molar-refractivity contribution in [1.82, 2.24) is 0 Å². The van der Waals surface area contributed by atoms with E-state index in [0.29, 0.717) is 5.75 Å². The van der Waals surface area contributed by atoms with Crippen molar-refractivity contribution >= 4 is 23.4 Å². The first-order valence-corrected chi connectivity index (χ1v) is 4.05. The van der Waals surface area contributed by atoms with Crippen LogP contribution in [0, 0.1) is 0 Å². The van der Waals surface area contributed by atoms with E-state index in [9.17, 15) is 9.59 Å². The van der Waals surface area contributed by atoms with Crippen LogP contribution in [0.5, 0.6) is 5.75 Å². The average Bonchev–Trinajstić information content (AvgIpc) is 2.17. The third-order valence-corrected chi connectivity index (χ3v) is 1.94. The molecule has 1 aromatic carbocycles. The molecule has 0 heterocycles. The van der Waals surface area contributed by atoms with Crippen molar-refractivity contribution in [2.45, 2.75) is 0 Å². The first kappa shape index (κ1) is 10.5. The Kier molecular flexibility index (Phi) is 3.09. The Labute approximate surface area is 85.1 Å². The molecule has 0 saturated carbocycles. The van der Waals surface area contributed by atoms with Crippen LogP contribution in [0.25, 0.3) is 0 Å². The van der Waals surface area contributed by atoms with Crippen LogP contribution in [0.4, 0.5) is 0 Å². The summed E-state index contributed by atoms with van der Waals surface area (Å²) in [5.74, 6) is -2.20. The molecule has 0 amide bonds. The van der Waals surface area contributed by atoms with E-state index in [1.165, 1.54) is 19.2 Å². The SMILES string of the molecule is COc1ccc(Cl)c(C(=O)C(=O)O)c1. The summed E-state index contributed by atoms with van der Waals surface area (Å²) >= 11 is 5.65. The summed E-state index contributed by atoms with van der Waals surface area (Å²) in [5, 5.41) is 8.57. The Hall–Kier alpha value is -1.55. The van der Waals surface area contributed by atoms with Gasteiger partial charge in [0.25, 0.3) is 5.78 Å². The zero-order valence-corrected chi connectivity index (χ0v) is 8.04. The third-order valence-electron chi connectivity index (χ3n) is 1.61. The van der Waals surface area contributed by atoms with E-state index in [1.54, 1.807) is 6.07 Å². The van der Waals surface area contributed by atoms with Crippen LogP contribution in [0.15, 0.2) is 18.2 Å². The van der Waals surface area contributed by atoms with Crippen molar-refractivity contribution in [1.29, 1.82) is 0 Å². The number of aliphatic carboxylic acids is 1. The number of carbonyl (C=O) groups is 2. The molecule has 0 radical (unpaired) electrons. The Morgan fingerprint density at radius 1 is 1.43 bits per heavy atom. The number of Topliss-reactive ketones (excluding diaryl/α,β-unsaturated/α-hetero) is 1. The number of benzene rings is 1. The van der Waals surface area contributed by atoms with Gasteiger partial charge in [-0.15, -0.1) is 0 Å². The number of rotatable bonds is 3. The first-order valence-electron chi connectivity index (χ1n) is 3.67. The molecule has 0 unspecified atom stereocenters. The van der Waals surface area contributed by atoms with E-state index in [4.69, 9.17) is 21.4 Å². The molecule has 74 valence electrons. The Bertz CT molecular complexity index is 386. The van der Waals surface area contributed by atoms with Crippen molar-refractivity contribution < 1.29 is 19.4 Å². The molecule has 14 heavy (non-hydrogen) atoms. The summed E-state index contributed by atoms with van der Waals surface area (Å²) in [7, 11) is 1.41. The van der Waals surface area contributed by atoms with Crippen LogP contribution in [-0.4, -0.2) is 24.0 Å². The van der Waals surface area contributed by atoms with Gasteiger partial charge in [0.15, 0.2) is 0 Å². The second-order valence-electron chi connectivity index (χ2n) is 2.48. The highest BCUT2D eigenvalue weighted by atomic mass is 35.5. The van der Waals surface area contributed by atoms with Gasteiger partial charge in [0.2, 0.25) is 0 Å². The third kappa shape index (κ3) is 2.03. The van der Waals surface area contributed by atoms with Crippen molar-refractivity contribution in [2.75, 3.05) is 7.11 Å². The quantitative estimate of drug-likeness (QED) is 0.613. The zero-order chi connectivity index (χ0) is 10.7. The highest BCUT2D eigenvalue weighted by Gasteiger charge is 2.18. The number of methoxy groups -OCH3 is 1. The molecule has 0 aromatic heterocycles.